The molecule has 3 heteroatoms. The SMILES string of the molecule is COc1cccc2c1C/C(=N/O)C(C)C2. The van der Waals surface area contributed by atoms with Crippen LogP contribution in [0.5, 0.6) is 5.75 Å². The molecule has 0 aliphatic heterocycles. The van der Waals surface area contributed by atoms with Gasteiger partial charge in [0.1, 0.15) is 5.75 Å². The summed E-state index contributed by atoms with van der Waals surface area (Å²) in [6.45, 7) is 2.08. The zero-order chi connectivity index (χ0) is 10.8. The molecule has 0 aromatic heterocycles. The highest BCUT2D eigenvalue weighted by Gasteiger charge is 2.23. The van der Waals surface area contributed by atoms with Gasteiger partial charge in [0.2, 0.25) is 0 Å². The van der Waals surface area contributed by atoms with Gasteiger partial charge in [-0.05, 0) is 18.1 Å². The number of nitrogens with zero attached hydrogens (tertiary/aromatic N) is 1. The fourth-order valence-corrected chi connectivity index (χ4v) is 2.13. The molecule has 1 aromatic rings. The number of hydrogen-bond donors (Lipinski definition) is 1. The first-order valence-electron chi connectivity index (χ1n) is 5.11. The molecule has 80 valence electrons. The molecule has 0 amide bonds. The maximum atomic E-state index is 8.90. The van der Waals surface area contributed by atoms with E-state index in [1.807, 2.05) is 12.1 Å². The molecule has 1 atom stereocenters. The van der Waals surface area contributed by atoms with E-state index < -0.39 is 0 Å². The Hall–Kier alpha value is -1.51. The second kappa shape index (κ2) is 3.93. The highest BCUT2D eigenvalue weighted by atomic mass is 16.5. The zero-order valence-corrected chi connectivity index (χ0v) is 9.03. The Labute approximate surface area is 89.4 Å². The summed E-state index contributed by atoms with van der Waals surface area (Å²) in [5, 5.41) is 12.3. The van der Waals surface area contributed by atoms with E-state index in [0.717, 1.165) is 23.4 Å². The van der Waals surface area contributed by atoms with Crippen molar-refractivity contribution in [2.24, 2.45) is 11.1 Å². The second-order valence-electron chi connectivity index (χ2n) is 3.97. The lowest BCUT2D eigenvalue weighted by atomic mass is 9.83. The van der Waals surface area contributed by atoms with E-state index in [1.54, 1.807) is 7.11 Å². The fourth-order valence-electron chi connectivity index (χ4n) is 2.13. The van der Waals surface area contributed by atoms with Gasteiger partial charge in [-0.2, -0.15) is 0 Å². The average molecular weight is 205 g/mol. The normalized spacial score (nSPS) is 22.5. The molecule has 1 unspecified atom stereocenters. The number of ether oxygens (including phenoxy) is 1. The lowest BCUT2D eigenvalue weighted by Crippen LogP contribution is -2.23. The lowest BCUT2D eigenvalue weighted by molar-refractivity contribution is 0.313. The third kappa shape index (κ3) is 1.69. The smallest absolute Gasteiger partial charge is 0.122 e. The molecule has 0 heterocycles. The van der Waals surface area contributed by atoms with E-state index in [4.69, 9.17) is 9.94 Å². The van der Waals surface area contributed by atoms with Gasteiger partial charge >= 0.3 is 0 Å². The first-order chi connectivity index (χ1) is 7.26. The number of benzene rings is 1. The number of methoxy groups -OCH3 is 1. The fraction of sp³-hybridized carbons (Fsp3) is 0.417. The lowest BCUT2D eigenvalue weighted by Gasteiger charge is -2.24. The Morgan fingerprint density at radius 2 is 2.27 bits per heavy atom. The Morgan fingerprint density at radius 3 is 2.93 bits per heavy atom. The minimum atomic E-state index is 0.314. The van der Waals surface area contributed by atoms with Crippen LogP contribution in [0.1, 0.15) is 18.1 Å². The van der Waals surface area contributed by atoms with Gasteiger partial charge in [0, 0.05) is 17.9 Å². The molecule has 3 nitrogen and oxygen atoms in total. The van der Waals surface area contributed by atoms with Crippen molar-refractivity contribution in [2.75, 3.05) is 7.11 Å². The van der Waals surface area contributed by atoms with Crippen molar-refractivity contribution in [1.82, 2.24) is 0 Å². The van der Waals surface area contributed by atoms with Crippen LogP contribution in [0.4, 0.5) is 0 Å². The molecule has 0 radical (unpaired) electrons. The minimum Gasteiger partial charge on any atom is -0.496 e. The Kier molecular flexibility index (Phi) is 2.62. The number of rotatable bonds is 1. The molecule has 1 aliphatic carbocycles. The molecule has 0 saturated heterocycles. The zero-order valence-electron chi connectivity index (χ0n) is 9.03. The number of hydrogen-bond acceptors (Lipinski definition) is 3. The van der Waals surface area contributed by atoms with Crippen LogP contribution < -0.4 is 4.74 Å². The van der Waals surface area contributed by atoms with E-state index in [9.17, 15) is 0 Å². The van der Waals surface area contributed by atoms with Crippen LogP contribution in [0.3, 0.4) is 0 Å². The molecule has 0 saturated carbocycles. The van der Waals surface area contributed by atoms with E-state index in [-0.39, 0.29) is 0 Å². The molecule has 2 rings (SSSR count). The van der Waals surface area contributed by atoms with Crippen LogP contribution in [0.2, 0.25) is 0 Å². The van der Waals surface area contributed by atoms with Crippen molar-refractivity contribution in [3.8, 4) is 5.75 Å². The maximum Gasteiger partial charge on any atom is 0.122 e. The first-order valence-corrected chi connectivity index (χ1v) is 5.11. The quantitative estimate of drug-likeness (QED) is 0.564. The summed E-state index contributed by atoms with van der Waals surface area (Å²) in [6.07, 6.45) is 1.61. The molecule has 15 heavy (non-hydrogen) atoms. The molecule has 1 N–H and O–H groups in total. The van der Waals surface area contributed by atoms with Crippen molar-refractivity contribution >= 4 is 5.71 Å². The van der Waals surface area contributed by atoms with Crippen LogP contribution in [0.25, 0.3) is 0 Å². The van der Waals surface area contributed by atoms with Gasteiger partial charge in [-0.25, -0.2) is 0 Å². The number of fused-ring (bicyclic) bond motifs is 1. The van der Waals surface area contributed by atoms with E-state index in [0.29, 0.717) is 12.3 Å². The van der Waals surface area contributed by atoms with Gasteiger partial charge < -0.3 is 9.94 Å². The van der Waals surface area contributed by atoms with Crippen molar-refractivity contribution in [1.29, 1.82) is 0 Å². The highest BCUT2D eigenvalue weighted by molar-refractivity contribution is 5.90. The average Bonchev–Trinajstić information content (AvgIpc) is 2.27. The summed E-state index contributed by atoms with van der Waals surface area (Å²) >= 11 is 0. The summed E-state index contributed by atoms with van der Waals surface area (Å²) in [7, 11) is 1.67. The van der Waals surface area contributed by atoms with Gasteiger partial charge in [-0.15, -0.1) is 0 Å². The Morgan fingerprint density at radius 1 is 1.47 bits per heavy atom. The first kappa shape index (κ1) is 10.0. The summed E-state index contributed by atoms with van der Waals surface area (Å²) < 4.78 is 5.30. The predicted molar refractivity (Wildman–Crippen MR) is 58.8 cm³/mol. The minimum absolute atomic E-state index is 0.314. The van der Waals surface area contributed by atoms with E-state index in [2.05, 4.69) is 18.1 Å². The van der Waals surface area contributed by atoms with Crippen LogP contribution in [0, 0.1) is 5.92 Å². The Bertz CT molecular complexity index is 399. The molecule has 1 aromatic carbocycles. The number of oxime groups is 1. The van der Waals surface area contributed by atoms with Gasteiger partial charge in [0.05, 0.1) is 12.8 Å². The molecular formula is C12H15NO2. The highest BCUT2D eigenvalue weighted by Crippen LogP contribution is 2.30. The molecule has 1 aliphatic rings. The van der Waals surface area contributed by atoms with Crippen molar-refractivity contribution in [3.63, 3.8) is 0 Å². The third-order valence-electron chi connectivity index (χ3n) is 3.03. The van der Waals surface area contributed by atoms with E-state index >= 15 is 0 Å². The molecular weight excluding hydrogens is 190 g/mol. The summed E-state index contributed by atoms with van der Waals surface area (Å²) in [5.74, 6) is 1.20. The van der Waals surface area contributed by atoms with E-state index in [1.165, 1.54) is 5.56 Å². The van der Waals surface area contributed by atoms with Crippen LogP contribution >= 0.6 is 0 Å². The summed E-state index contributed by atoms with van der Waals surface area (Å²) in [4.78, 5) is 0. The summed E-state index contributed by atoms with van der Waals surface area (Å²) in [6, 6.07) is 6.07. The van der Waals surface area contributed by atoms with Gasteiger partial charge in [0.15, 0.2) is 0 Å². The third-order valence-corrected chi connectivity index (χ3v) is 3.03. The van der Waals surface area contributed by atoms with Crippen LogP contribution in [-0.4, -0.2) is 18.0 Å². The molecule has 0 bridgehead atoms. The second-order valence-corrected chi connectivity index (χ2v) is 3.97. The van der Waals surface area contributed by atoms with Crippen molar-refractivity contribution < 1.29 is 9.94 Å². The largest absolute Gasteiger partial charge is 0.496 e. The van der Waals surface area contributed by atoms with Gasteiger partial charge in [0.25, 0.3) is 0 Å². The molecule has 0 spiro atoms. The standard InChI is InChI=1S/C12H15NO2/c1-8-6-9-4-3-5-12(15-2)10(9)7-11(8)13-14/h3-5,8,14H,6-7H2,1-2H3/b13-11-. The van der Waals surface area contributed by atoms with Crippen LogP contribution in [-0.2, 0) is 12.8 Å². The van der Waals surface area contributed by atoms with Crippen LogP contribution in [0.15, 0.2) is 23.4 Å². The van der Waals surface area contributed by atoms with Gasteiger partial charge in [-0.1, -0.05) is 24.2 Å². The predicted octanol–water partition coefficient (Wildman–Crippen LogP) is 2.26. The van der Waals surface area contributed by atoms with Gasteiger partial charge in [-0.3, -0.25) is 0 Å². The monoisotopic (exact) mass is 205 g/mol. The Balaban J connectivity index is 2.45. The summed E-state index contributed by atoms with van der Waals surface area (Å²) in [5.41, 5.74) is 3.30. The van der Waals surface area contributed by atoms with Crippen molar-refractivity contribution in [2.45, 2.75) is 19.8 Å². The topological polar surface area (TPSA) is 41.8 Å². The van der Waals surface area contributed by atoms with Crippen molar-refractivity contribution in [3.05, 3.63) is 29.3 Å². The maximum absolute atomic E-state index is 8.90. The molecule has 0 fully saturated rings.